The van der Waals surface area contributed by atoms with Crippen LogP contribution in [0.4, 0.5) is 0 Å². The van der Waals surface area contributed by atoms with Gasteiger partial charge in [-0.15, -0.1) is 10.2 Å². The van der Waals surface area contributed by atoms with Crippen molar-refractivity contribution in [1.29, 1.82) is 0 Å². The van der Waals surface area contributed by atoms with Crippen molar-refractivity contribution in [3.05, 3.63) is 59.5 Å². The first kappa shape index (κ1) is 22.6. The van der Waals surface area contributed by atoms with Crippen LogP contribution in [-0.2, 0) is 13.0 Å². The molecule has 0 aliphatic rings. The predicted molar refractivity (Wildman–Crippen MR) is 126 cm³/mol. The second-order valence-corrected chi connectivity index (χ2v) is 8.60. The molecular formula is C24H34N6O. The van der Waals surface area contributed by atoms with Crippen molar-refractivity contribution >= 4 is 11.6 Å². The summed E-state index contributed by atoms with van der Waals surface area (Å²) in [5.74, 6) is 2.67. The molecule has 1 aromatic carbocycles. The van der Waals surface area contributed by atoms with Crippen LogP contribution in [0, 0.1) is 6.92 Å². The second-order valence-electron chi connectivity index (χ2n) is 8.60. The van der Waals surface area contributed by atoms with E-state index in [9.17, 15) is 0 Å². The van der Waals surface area contributed by atoms with Crippen molar-refractivity contribution in [1.82, 2.24) is 25.2 Å². The van der Waals surface area contributed by atoms with Gasteiger partial charge in [0.2, 0.25) is 0 Å². The Morgan fingerprint density at radius 3 is 2.74 bits per heavy atom. The van der Waals surface area contributed by atoms with Gasteiger partial charge in [-0.3, -0.25) is 4.40 Å². The summed E-state index contributed by atoms with van der Waals surface area (Å²) in [5, 5.41) is 15.2. The van der Waals surface area contributed by atoms with Gasteiger partial charge in [-0.2, -0.15) is 0 Å². The highest BCUT2D eigenvalue weighted by atomic mass is 16.5. The zero-order chi connectivity index (χ0) is 22.3. The molecule has 3 rings (SSSR count). The van der Waals surface area contributed by atoms with Crippen molar-refractivity contribution in [2.45, 2.75) is 59.6 Å². The third kappa shape index (κ3) is 6.70. The average molecular weight is 423 g/mol. The highest BCUT2D eigenvalue weighted by Gasteiger charge is 2.15. The lowest BCUT2D eigenvalue weighted by molar-refractivity contribution is 0.129. The van der Waals surface area contributed by atoms with Crippen molar-refractivity contribution in [3.63, 3.8) is 0 Å². The largest absolute Gasteiger partial charge is 0.488 e. The summed E-state index contributed by atoms with van der Waals surface area (Å²) in [6.45, 7) is 12.5. The van der Waals surface area contributed by atoms with Crippen LogP contribution in [-0.4, -0.2) is 39.2 Å². The Morgan fingerprint density at radius 1 is 1.13 bits per heavy atom. The van der Waals surface area contributed by atoms with E-state index < -0.39 is 0 Å². The molecule has 2 aromatic heterocycles. The first-order valence-corrected chi connectivity index (χ1v) is 10.9. The van der Waals surface area contributed by atoms with Crippen LogP contribution in [0.3, 0.4) is 0 Å². The molecule has 0 aliphatic carbocycles. The van der Waals surface area contributed by atoms with E-state index in [0.717, 1.165) is 54.7 Å². The standard InChI is InChI=1S/C24H34N6O/c1-6-25-23(26-14-9-11-22-29-28-21-10-7-8-15-30(21)22)27-17-19-13-12-18(2)16-20(19)31-24(3,4)5/h7-8,10,12-13,15-16H,6,9,11,14,17H2,1-5H3,(H2,25,26,27). The van der Waals surface area contributed by atoms with E-state index in [0.29, 0.717) is 6.54 Å². The minimum absolute atomic E-state index is 0.249. The molecule has 0 saturated heterocycles. The molecule has 0 saturated carbocycles. The number of rotatable bonds is 8. The Bertz CT molecular complexity index is 1020. The molecule has 0 fully saturated rings. The molecule has 0 spiro atoms. The fraction of sp³-hybridized carbons (Fsp3) is 0.458. The quantitative estimate of drug-likeness (QED) is 0.327. The Balaban J connectivity index is 1.59. The zero-order valence-corrected chi connectivity index (χ0v) is 19.3. The van der Waals surface area contributed by atoms with Crippen LogP contribution in [0.5, 0.6) is 5.75 Å². The molecule has 0 amide bonds. The average Bonchev–Trinajstić information content (AvgIpc) is 3.12. The molecule has 3 aromatic rings. The molecule has 0 unspecified atom stereocenters. The van der Waals surface area contributed by atoms with Crippen LogP contribution in [0.2, 0.25) is 0 Å². The lowest BCUT2D eigenvalue weighted by Crippen LogP contribution is -2.38. The van der Waals surface area contributed by atoms with Crippen molar-refractivity contribution < 1.29 is 4.74 Å². The first-order valence-electron chi connectivity index (χ1n) is 10.9. The van der Waals surface area contributed by atoms with Gasteiger partial charge in [0.1, 0.15) is 17.2 Å². The van der Waals surface area contributed by atoms with E-state index in [-0.39, 0.29) is 5.60 Å². The maximum atomic E-state index is 6.16. The van der Waals surface area contributed by atoms with Gasteiger partial charge in [-0.1, -0.05) is 18.2 Å². The predicted octanol–water partition coefficient (Wildman–Crippen LogP) is 3.90. The van der Waals surface area contributed by atoms with Gasteiger partial charge in [-0.05, 0) is 64.8 Å². The number of hydrogen-bond donors (Lipinski definition) is 2. The van der Waals surface area contributed by atoms with Crippen molar-refractivity contribution in [3.8, 4) is 5.75 Å². The number of aromatic nitrogens is 3. The normalized spacial score (nSPS) is 12.2. The minimum atomic E-state index is -0.249. The monoisotopic (exact) mass is 422 g/mol. The summed E-state index contributed by atoms with van der Waals surface area (Å²) in [7, 11) is 0. The molecule has 7 heteroatoms. The van der Waals surface area contributed by atoms with E-state index in [1.165, 1.54) is 5.56 Å². The number of aryl methyl sites for hydroxylation is 2. The van der Waals surface area contributed by atoms with Gasteiger partial charge < -0.3 is 15.4 Å². The number of guanidine groups is 1. The number of benzene rings is 1. The number of fused-ring (bicyclic) bond motifs is 1. The first-order chi connectivity index (χ1) is 14.9. The Morgan fingerprint density at radius 2 is 1.97 bits per heavy atom. The topological polar surface area (TPSA) is 75.8 Å². The lowest BCUT2D eigenvalue weighted by Gasteiger charge is -2.23. The van der Waals surface area contributed by atoms with Gasteiger partial charge in [0.05, 0.1) is 6.54 Å². The fourth-order valence-corrected chi connectivity index (χ4v) is 3.24. The summed E-state index contributed by atoms with van der Waals surface area (Å²) in [6.07, 6.45) is 3.78. The van der Waals surface area contributed by atoms with Gasteiger partial charge in [0.15, 0.2) is 11.6 Å². The summed E-state index contributed by atoms with van der Waals surface area (Å²) in [5.41, 5.74) is 2.89. The third-order valence-electron chi connectivity index (χ3n) is 4.64. The SMILES string of the molecule is CCNC(=NCc1ccc(C)cc1OC(C)(C)C)NCCCc1nnc2ccccn12. The third-order valence-corrected chi connectivity index (χ3v) is 4.64. The van der Waals surface area contributed by atoms with Gasteiger partial charge >= 0.3 is 0 Å². The minimum Gasteiger partial charge on any atom is -0.488 e. The molecule has 0 aliphatic heterocycles. The van der Waals surface area contributed by atoms with E-state index in [4.69, 9.17) is 9.73 Å². The number of hydrogen-bond acceptors (Lipinski definition) is 4. The highest BCUT2D eigenvalue weighted by Crippen LogP contribution is 2.25. The number of aliphatic imine (C=N–C) groups is 1. The second kappa shape index (κ2) is 10.3. The lowest BCUT2D eigenvalue weighted by atomic mass is 10.1. The van der Waals surface area contributed by atoms with Crippen LogP contribution in [0.25, 0.3) is 5.65 Å². The summed E-state index contributed by atoms with van der Waals surface area (Å²) < 4.78 is 8.19. The Labute approximate surface area is 185 Å². The van der Waals surface area contributed by atoms with E-state index in [1.54, 1.807) is 0 Å². The van der Waals surface area contributed by atoms with Crippen LogP contribution in [0.15, 0.2) is 47.6 Å². The fourth-order valence-electron chi connectivity index (χ4n) is 3.24. The smallest absolute Gasteiger partial charge is 0.191 e. The molecular weight excluding hydrogens is 388 g/mol. The molecule has 166 valence electrons. The maximum Gasteiger partial charge on any atom is 0.191 e. The number of nitrogens with zero attached hydrogens (tertiary/aromatic N) is 4. The van der Waals surface area contributed by atoms with Crippen LogP contribution < -0.4 is 15.4 Å². The molecule has 0 bridgehead atoms. The number of nitrogens with one attached hydrogen (secondary N) is 2. The van der Waals surface area contributed by atoms with Crippen LogP contribution in [0.1, 0.15) is 51.1 Å². The van der Waals surface area contributed by atoms with Crippen molar-refractivity contribution in [2.75, 3.05) is 13.1 Å². The summed E-state index contributed by atoms with van der Waals surface area (Å²) in [4.78, 5) is 4.77. The molecule has 0 atom stereocenters. The number of ether oxygens (including phenoxy) is 1. The maximum absolute atomic E-state index is 6.16. The van der Waals surface area contributed by atoms with Gasteiger partial charge in [0.25, 0.3) is 0 Å². The summed E-state index contributed by atoms with van der Waals surface area (Å²) >= 11 is 0. The molecule has 2 heterocycles. The Hall–Kier alpha value is -3.09. The number of pyridine rings is 1. The van der Waals surface area contributed by atoms with Crippen molar-refractivity contribution in [2.24, 2.45) is 4.99 Å². The van der Waals surface area contributed by atoms with E-state index in [1.807, 2.05) is 28.8 Å². The molecule has 2 N–H and O–H groups in total. The zero-order valence-electron chi connectivity index (χ0n) is 19.3. The molecule has 31 heavy (non-hydrogen) atoms. The van der Waals surface area contributed by atoms with E-state index in [2.05, 4.69) is 73.6 Å². The highest BCUT2D eigenvalue weighted by molar-refractivity contribution is 5.79. The van der Waals surface area contributed by atoms with Gasteiger partial charge in [0, 0.05) is 31.3 Å². The molecule has 0 radical (unpaired) electrons. The summed E-state index contributed by atoms with van der Waals surface area (Å²) in [6, 6.07) is 12.2. The Kier molecular flexibility index (Phi) is 7.50. The van der Waals surface area contributed by atoms with Crippen LogP contribution >= 0.6 is 0 Å². The van der Waals surface area contributed by atoms with E-state index >= 15 is 0 Å². The molecule has 7 nitrogen and oxygen atoms in total. The van der Waals surface area contributed by atoms with Gasteiger partial charge in [-0.25, -0.2) is 4.99 Å².